The Morgan fingerprint density at radius 2 is 1.63 bits per heavy atom. The van der Waals surface area contributed by atoms with Crippen molar-refractivity contribution in [2.45, 2.75) is 19.0 Å². The van der Waals surface area contributed by atoms with Crippen LogP contribution in [0.1, 0.15) is 29.2 Å². The summed E-state index contributed by atoms with van der Waals surface area (Å²) in [5.74, 6) is -0.411. The summed E-state index contributed by atoms with van der Waals surface area (Å²) in [7, 11) is 0. The van der Waals surface area contributed by atoms with Gasteiger partial charge in [-0.25, -0.2) is 13.2 Å². The summed E-state index contributed by atoms with van der Waals surface area (Å²) in [6.07, 6.45) is -3.53. The lowest BCUT2D eigenvalue weighted by molar-refractivity contribution is 0.149. The highest BCUT2D eigenvalue weighted by molar-refractivity contribution is 5.28. The molecule has 1 unspecified atom stereocenters. The molecule has 0 fully saturated rings. The molecule has 0 saturated heterocycles. The van der Waals surface area contributed by atoms with Crippen molar-refractivity contribution in [1.29, 1.82) is 0 Å². The van der Waals surface area contributed by atoms with Crippen LogP contribution in [0.3, 0.4) is 0 Å². The first-order valence-electron chi connectivity index (χ1n) is 5.87. The van der Waals surface area contributed by atoms with Crippen molar-refractivity contribution in [3.8, 4) is 0 Å². The van der Waals surface area contributed by atoms with Crippen LogP contribution in [0.4, 0.5) is 13.2 Å². The second-order valence-electron chi connectivity index (χ2n) is 4.28. The maximum atomic E-state index is 13.4. The first kappa shape index (κ1) is 13.6. The van der Waals surface area contributed by atoms with Gasteiger partial charge in [-0.3, -0.25) is 0 Å². The van der Waals surface area contributed by atoms with Gasteiger partial charge in [-0.05, 0) is 23.3 Å². The third-order valence-electron chi connectivity index (χ3n) is 2.92. The Hall–Kier alpha value is -1.81. The van der Waals surface area contributed by atoms with Gasteiger partial charge in [0.05, 0.1) is 6.10 Å². The highest BCUT2D eigenvalue weighted by Gasteiger charge is 2.14. The molecule has 19 heavy (non-hydrogen) atoms. The molecule has 2 aromatic carbocycles. The van der Waals surface area contributed by atoms with Crippen molar-refractivity contribution in [2.75, 3.05) is 0 Å². The predicted molar refractivity (Wildman–Crippen MR) is 66.5 cm³/mol. The van der Waals surface area contributed by atoms with Crippen molar-refractivity contribution in [3.05, 3.63) is 71.0 Å². The van der Waals surface area contributed by atoms with Gasteiger partial charge in [0.15, 0.2) is 0 Å². The monoisotopic (exact) mass is 266 g/mol. The lowest BCUT2D eigenvalue weighted by atomic mass is 9.99. The molecule has 0 saturated carbocycles. The zero-order chi connectivity index (χ0) is 13.8. The van der Waals surface area contributed by atoms with E-state index in [1.54, 1.807) is 24.3 Å². The summed E-state index contributed by atoms with van der Waals surface area (Å²) in [6, 6.07) is 11.6. The predicted octanol–water partition coefficient (Wildman–Crippen LogP) is 4.04. The lowest BCUT2D eigenvalue weighted by Crippen LogP contribution is -2.04. The van der Waals surface area contributed by atoms with Gasteiger partial charge in [-0.1, -0.05) is 36.4 Å². The Bertz CT molecular complexity index is 555. The molecule has 0 aliphatic carbocycles. The number of halogens is 3. The molecule has 2 rings (SSSR count). The summed E-state index contributed by atoms with van der Waals surface area (Å²) in [5, 5.41) is 9.99. The van der Waals surface area contributed by atoms with Crippen LogP contribution in [0, 0.1) is 5.82 Å². The number of benzene rings is 2. The van der Waals surface area contributed by atoms with E-state index in [2.05, 4.69) is 0 Å². The van der Waals surface area contributed by atoms with Crippen molar-refractivity contribution in [2.24, 2.45) is 0 Å². The second kappa shape index (κ2) is 5.89. The fourth-order valence-corrected chi connectivity index (χ4v) is 1.89. The number of aliphatic hydroxyl groups excluding tert-OH is 1. The fourth-order valence-electron chi connectivity index (χ4n) is 1.89. The smallest absolute Gasteiger partial charge is 0.263 e. The molecule has 1 N–H and O–H groups in total. The van der Waals surface area contributed by atoms with E-state index in [9.17, 15) is 18.3 Å². The van der Waals surface area contributed by atoms with Crippen LogP contribution in [0.15, 0.2) is 48.5 Å². The Balaban J connectivity index is 2.18. The highest BCUT2D eigenvalue weighted by atomic mass is 19.3. The van der Waals surface area contributed by atoms with E-state index in [4.69, 9.17) is 0 Å². The number of alkyl halides is 2. The van der Waals surface area contributed by atoms with Gasteiger partial charge in [0.1, 0.15) is 5.82 Å². The number of aliphatic hydroxyl groups is 1. The summed E-state index contributed by atoms with van der Waals surface area (Å²) in [6.45, 7) is 0. The SMILES string of the molecule is OC(Cc1ccccc1F)c1cccc(C(F)F)c1. The maximum Gasteiger partial charge on any atom is 0.263 e. The summed E-state index contributed by atoms with van der Waals surface area (Å²) < 4.78 is 38.6. The Morgan fingerprint density at radius 1 is 0.947 bits per heavy atom. The molecule has 0 aliphatic heterocycles. The molecule has 2 aromatic rings. The molecular formula is C15H13F3O. The average Bonchev–Trinajstić information content (AvgIpc) is 2.41. The minimum Gasteiger partial charge on any atom is -0.388 e. The quantitative estimate of drug-likeness (QED) is 0.885. The van der Waals surface area contributed by atoms with E-state index >= 15 is 0 Å². The van der Waals surface area contributed by atoms with Gasteiger partial charge >= 0.3 is 0 Å². The van der Waals surface area contributed by atoms with E-state index < -0.39 is 18.3 Å². The van der Waals surface area contributed by atoms with E-state index in [1.807, 2.05) is 0 Å². The van der Waals surface area contributed by atoms with Gasteiger partial charge in [-0.2, -0.15) is 0 Å². The molecule has 4 heteroatoms. The van der Waals surface area contributed by atoms with Crippen LogP contribution in [0.25, 0.3) is 0 Å². The molecule has 0 heterocycles. The molecule has 1 nitrogen and oxygen atoms in total. The summed E-state index contributed by atoms with van der Waals surface area (Å²) in [4.78, 5) is 0. The Morgan fingerprint density at radius 3 is 2.32 bits per heavy atom. The zero-order valence-electron chi connectivity index (χ0n) is 10.1. The number of rotatable bonds is 4. The van der Waals surface area contributed by atoms with E-state index in [0.717, 1.165) is 0 Å². The zero-order valence-corrected chi connectivity index (χ0v) is 10.1. The molecule has 1 atom stereocenters. The van der Waals surface area contributed by atoms with E-state index in [-0.39, 0.29) is 12.0 Å². The summed E-state index contributed by atoms with van der Waals surface area (Å²) in [5.41, 5.74) is 0.573. The first-order valence-corrected chi connectivity index (χ1v) is 5.87. The normalized spacial score (nSPS) is 12.7. The third-order valence-corrected chi connectivity index (χ3v) is 2.92. The van der Waals surface area contributed by atoms with Gasteiger partial charge in [0, 0.05) is 12.0 Å². The number of hydrogen-bond donors (Lipinski definition) is 1. The maximum absolute atomic E-state index is 13.4. The van der Waals surface area contributed by atoms with Gasteiger partial charge in [0.2, 0.25) is 0 Å². The first-order chi connectivity index (χ1) is 9.08. The Kier molecular flexibility index (Phi) is 4.22. The molecular weight excluding hydrogens is 253 g/mol. The molecule has 100 valence electrons. The van der Waals surface area contributed by atoms with E-state index in [0.29, 0.717) is 11.1 Å². The van der Waals surface area contributed by atoms with E-state index in [1.165, 1.54) is 24.3 Å². The van der Waals surface area contributed by atoms with Crippen LogP contribution in [-0.2, 0) is 6.42 Å². The van der Waals surface area contributed by atoms with Gasteiger partial charge < -0.3 is 5.11 Å². The molecule has 0 aliphatic rings. The fraction of sp³-hybridized carbons (Fsp3) is 0.200. The molecule has 0 spiro atoms. The standard InChI is InChI=1S/C15H13F3O/c16-13-7-2-1-4-10(13)9-14(19)11-5-3-6-12(8-11)15(17)18/h1-8,14-15,19H,9H2. The highest BCUT2D eigenvalue weighted by Crippen LogP contribution is 2.25. The lowest BCUT2D eigenvalue weighted by Gasteiger charge is -2.13. The topological polar surface area (TPSA) is 20.2 Å². The van der Waals surface area contributed by atoms with Crippen LogP contribution in [0.5, 0.6) is 0 Å². The number of hydrogen-bond acceptors (Lipinski definition) is 1. The summed E-state index contributed by atoms with van der Waals surface area (Å²) >= 11 is 0. The minimum absolute atomic E-state index is 0.0549. The molecule has 0 aromatic heterocycles. The van der Waals surface area contributed by atoms with Crippen LogP contribution in [-0.4, -0.2) is 5.11 Å². The Labute approximate surface area is 109 Å². The third kappa shape index (κ3) is 3.35. The minimum atomic E-state index is -2.58. The van der Waals surface area contributed by atoms with Crippen molar-refractivity contribution in [1.82, 2.24) is 0 Å². The average molecular weight is 266 g/mol. The molecule has 0 amide bonds. The molecule has 0 radical (unpaired) electrons. The molecule has 0 bridgehead atoms. The van der Waals surface area contributed by atoms with Gasteiger partial charge in [-0.15, -0.1) is 0 Å². The second-order valence-corrected chi connectivity index (χ2v) is 4.28. The van der Waals surface area contributed by atoms with Gasteiger partial charge in [0.25, 0.3) is 6.43 Å². The van der Waals surface area contributed by atoms with Crippen molar-refractivity contribution >= 4 is 0 Å². The van der Waals surface area contributed by atoms with Crippen LogP contribution in [0.2, 0.25) is 0 Å². The van der Waals surface area contributed by atoms with Crippen molar-refractivity contribution in [3.63, 3.8) is 0 Å². The van der Waals surface area contributed by atoms with Crippen LogP contribution >= 0.6 is 0 Å². The van der Waals surface area contributed by atoms with Crippen molar-refractivity contribution < 1.29 is 18.3 Å². The largest absolute Gasteiger partial charge is 0.388 e. The van der Waals surface area contributed by atoms with Crippen LogP contribution < -0.4 is 0 Å².